The molecule has 0 aromatic rings. The van der Waals surface area contributed by atoms with Crippen molar-refractivity contribution in [2.24, 2.45) is 0 Å². The average molecular weight is 223 g/mol. The first kappa shape index (κ1) is 13.9. The van der Waals surface area contributed by atoms with E-state index in [4.69, 9.17) is 4.74 Å². The van der Waals surface area contributed by atoms with Gasteiger partial charge in [0.25, 0.3) is 0 Å². The zero-order valence-electron chi connectivity index (χ0n) is 9.25. The second kappa shape index (κ2) is 7.20. The monoisotopic (exact) mass is 223 g/mol. The van der Waals surface area contributed by atoms with Crippen LogP contribution in [0.5, 0.6) is 0 Å². The molecule has 0 atom stereocenters. The maximum atomic E-state index is 11.1. The molecular formula is C9H21NO3S. The van der Waals surface area contributed by atoms with Crippen LogP contribution < -0.4 is 5.32 Å². The zero-order valence-corrected chi connectivity index (χ0v) is 10.1. The molecule has 1 N–H and O–H groups in total. The van der Waals surface area contributed by atoms with E-state index < -0.39 is 9.84 Å². The Kier molecular flexibility index (Phi) is 7.13. The maximum Gasteiger partial charge on any atom is 0.151 e. The smallest absolute Gasteiger partial charge is 0.151 e. The van der Waals surface area contributed by atoms with E-state index in [2.05, 4.69) is 5.32 Å². The molecule has 0 radical (unpaired) electrons. The summed E-state index contributed by atoms with van der Waals surface area (Å²) in [5, 5.41) is 3.03. The van der Waals surface area contributed by atoms with Crippen molar-refractivity contribution in [3.8, 4) is 0 Å². The Morgan fingerprint density at radius 1 is 1.29 bits per heavy atom. The van der Waals surface area contributed by atoms with E-state index in [9.17, 15) is 8.42 Å². The Bertz CT molecular complexity index is 224. The molecule has 0 aliphatic carbocycles. The first-order chi connectivity index (χ1) is 6.48. The van der Waals surface area contributed by atoms with Crippen LogP contribution >= 0.6 is 0 Å². The van der Waals surface area contributed by atoms with Gasteiger partial charge in [0.1, 0.15) is 0 Å². The Balaban J connectivity index is 3.31. The van der Waals surface area contributed by atoms with Crippen LogP contribution in [0.25, 0.3) is 0 Å². The van der Waals surface area contributed by atoms with Crippen LogP contribution in [0.3, 0.4) is 0 Å². The van der Waals surface area contributed by atoms with Crippen molar-refractivity contribution in [2.45, 2.75) is 26.9 Å². The van der Waals surface area contributed by atoms with Crippen LogP contribution in [0.15, 0.2) is 0 Å². The molecule has 14 heavy (non-hydrogen) atoms. The molecule has 0 saturated carbocycles. The van der Waals surface area contributed by atoms with Crippen LogP contribution in [-0.2, 0) is 14.6 Å². The van der Waals surface area contributed by atoms with Crippen LogP contribution in [-0.4, -0.2) is 45.7 Å². The number of nitrogens with one attached hydrogen (secondary N) is 1. The summed E-state index contributed by atoms with van der Waals surface area (Å²) in [7, 11) is -2.83. The summed E-state index contributed by atoms with van der Waals surface area (Å²) in [5.41, 5.74) is 0. The SMILES string of the molecule is CCS(=O)(=O)CCNCCOC(C)C. The number of sulfone groups is 1. The third kappa shape index (κ3) is 8.47. The van der Waals surface area contributed by atoms with Gasteiger partial charge in [-0.15, -0.1) is 0 Å². The number of ether oxygens (including phenoxy) is 1. The van der Waals surface area contributed by atoms with Gasteiger partial charge < -0.3 is 10.1 Å². The van der Waals surface area contributed by atoms with Crippen LogP contribution in [0.4, 0.5) is 0 Å². The highest BCUT2D eigenvalue weighted by molar-refractivity contribution is 7.91. The first-order valence-corrected chi connectivity index (χ1v) is 6.83. The Hall–Kier alpha value is -0.130. The van der Waals surface area contributed by atoms with Crippen LogP contribution in [0.1, 0.15) is 20.8 Å². The molecule has 0 spiro atoms. The highest BCUT2D eigenvalue weighted by atomic mass is 32.2. The predicted octanol–water partition coefficient (Wildman–Crippen LogP) is 0.436. The summed E-state index contributed by atoms with van der Waals surface area (Å²) < 4.78 is 27.4. The molecule has 86 valence electrons. The van der Waals surface area contributed by atoms with Crippen molar-refractivity contribution in [1.82, 2.24) is 5.32 Å². The Labute approximate surface area is 86.9 Å². The standard InChI is InChI=1S/C9H21NO3S/c1-4-14(11,12)8-6-10-5-7-13-9(2)3/h9-10H,4-8H2,1-3H3. The third-order valence-electron chi connectivity index (χ3n) is 1.76. The van der Waals surface area contributed by atoms with Crippen molar-refractivity contribution >= 4 is 9.84 Å². The van der Waals surface area contributed by atoms with Crippen molar-refractivity contribution in [2.75, 3.05) is 31.2 Å². The van der Waals surface area contributed by atoms with E-state index in [1.165, 1.54) is 0 Å². The van der Waals surface area contributed by atoms with Gasteiger partial charge >= 0.3 is 0 Å². The second-order valence-corrected chi connectivity index (χ2v) is 5.88. The van der Waals surface area contributed by atoms with Crippen LogP contribution in [0.2, 0.25) is 0 Å². The molecule has 0 amide bonds. The minimum absolute atomic E-state index is 0.213. The van der Waals surface area contributed by atoms with Gasteiger partial charge in [0.15, 0.2) is 9.84 Å². The van der Waals surface area contributed by atoms with Gasteiger partial charge in [0, 0.05) is 18.8 Å². The molecule has 4 nitrogen and oxygen atoms in total. The fourth-order valence-electron chi connectivity index (χ4n) is 0.864. The van der Waals surface area contributed by atoms with Crippen molar-refractivity contribution in [1.29, 1.82) is 0 Å². The minimum Gasteiger partial charge on any atom is -0.377 e. The normalized spacial score (nSPS) is 12.3. The van der Waals surface area contributed by atoms with Gasteiger partial charge in [-0.25, -0.2) is 8.42 Å². The van der Waals surface area contributed by atoms with Crippen LogP contribution in [0, 0.1) is 0 Å². The minimum atomic E-state index is -2.83. The maximum absolute atomic E-state index is 11.1. The van der Waals surface area contributed by atoms with E-state index in [1.54, 1.807) is 6.92 Å². The van der Waals surface area contributed by atoms with Gasteiger partial charge in [-0.05, 0) is 13.8 Å². The summed E-state index contributed by atoms with van der Waals surface area (Å²) in [6.45, 7) is 7.46. The molecule has 0 aliphatic heterocycles. The van der Waals surface area contributed by atoms with Crippen molar-refractivity contribution < 1.29 is 13.2 Å². The summed E-state index contributed by atoms with van der Waals surface area (Å²) in [6.07, 6.45) is 0.233. The summed E-state index contributed by atoms with van der Waals surface area (Å²) in [6, 6.07) is 0. The van der Waals surface area contributed by atoms with E-state index in [0.29, 0.717) is 19.7 Å². The van der Waals surface area contributed by atoms with Crippen molar-refractivity contribution in [3.05, 3.63) is 0 Å². The second-order valence-electron chi connectivity index (χ2n) is 3.41. The Morgan fingerprint density at radius 2 is 1.93 bits per heavy atom. The lowest BCUT2D eigenvalue weighted by atomic mass is 10.5. The lowest BCUT2D eigenvalue weighted by Gasteiger charge is -2.08. The van der Waals surface area contributed by atoms with Gasteiger partial charge in [-0.2, -0.15) is 0 Å². The third-order valence-corrected chi connectivity index (χ3v) is 3.47. The van der Waals surface area contributed by atoms with E-state index >= 15 is 0 Å². The quantitative estimate of drug-likeness (QED) is 0.607. The molecule has 5 heteroatoms. The average Bonchev–Trinajstić information content (AvgIpc) is 2.10. The summed E-state index contributed by atoms with van der Waals surface area (Å²) in [5.74, 6) is 0.433. The molecule has 0 aliphatic rings. The van der Waals surface area contributed by atoms with Gasteiger partial charge in [0.05, 0.1) is 18.5 Å². The molecule has 0 aromatic heterocycles. The van der Waals surface area contributed by atoms with Gasteiger partial charge in [-0.1, -0.05) is 6.92 Å². The molecule has 0 bridgehead atoms. The zero-order chi connectivity index (χ0) is 11.0. The van der Waals surface area contributed by atoms with Crippen molar-refractivity contribution in [3.63, 3.8) is 0 Å². The topological polar surface area (TPSA) is 55.4 Å². The highest BCUT2D eigenvalue weighted by Crippen LogP contribution is 1.87. The molecule has 0 unspecified atom stereocenters. The summed E-state index contributed by atoms with van der Waals surface area (Å²) >= 11 is 0. The Morgan fingerprint density at radius 3 is 2.43 bits per heavy atom. The largest absolute Gasteiger partial charge is 0.377 e. The van der Waals surface area contributed by atoms with E-state index in [1.807, 2.05) is 13.8 Å². The lowest BCUT2D eigenvalue weighted by Crippen LogP contribution is -2.27. The first-order valence-electron chi connectivity index (χ1n) is 5.00. The number of rotatable bonds is 8. The molecular weight excluding hydrogens is 202 g/mol. The highest BCUT2D eigenvalue weighted by Gasteiger charge is 2.05. The molecule has 0 saturated heterocycles. The summed E-state index contributed by atoms with van der Waals surface area (Å²) in [4.78, 5) is 0. The lowest BCUT2D eigenvalue weighted by molar-refractivity contribution is 0.0811. The van der Waals surface area contributed by atoms with Gasteiger partial charge in [0.2, 0.25) is 0 Å². The molecule has 0 heterocycles. The molecule has 0 aromatic carbocycles. The number of hydrogen-bond acceptors (Lipinski definition) is 4. The number of hydrogen-bond donors (Lipinski definition) is 1. The van der Waals surface area contributed by atoms with E-state index in [0.717, 1.165) is 0 Å². The molecule has 0 fully saturated rings. The molecule has 0 rings (SSSR count). The fourth-order valence-corrected chi connectivity index (χ4v) is 1.61. The van der Waals surface area contributed by atoms with E-state index in [-0.39, 0.29) is 17.6 Å². The fraction of sp³-hybridized carbons (Fsp3) is 1.00. The predicted molar refractivity (Wildman–Crippen MR) is 58.3 cm³/mol. The van der Waals surface area contributed by atoms with Gasteiger partial charge in [-0.3, -0.25) is 0 Å².